The molecule has 0 heterocycles. The predicted octanol–water partition coefficient (Wildman–Crippen LogP) is 5.68. The Morgan fingerprint density at radius 2 is 1.22 bits per heavy atom. The number of carbonyl (C=O) groups excluding carboxylic acids is 2. The summed E-state index contributed by atoms with van der Waals surface area (Å²) in [4.78, 5) is 26.8. The number of ether oxygens (including phenoxy) is 2. The SMILES string of the molecule is CCCN(CCCCCCCNCC(=O)Oc1c(C)cccc1C)CC(=O)Oc1c(C)cccc1C. The van der Waals surface area contributed by atoms with Crippen molar-refractivity contribution < 1.29 is 19.1 Å². The number of carbonyl (C=O) groups is 2. The lowest BCUT2D eigenvalue weighted by Crippen LogP contribution is -2.34. The number of aryl methyl sites for hydroxylation is 4. The van der Waals surface area contributed by atoms with Crippen LogP contribution in [0.5, 0.6) is 11.5 Å². The highest BCUT2D eigenvalue weighted by Gasteiger charge is 2.14. The molecule has 0 aliphatic rings. The van der Waals surface area contributed by atoms with Crippen molar-refractivity contribution >= 4 is 11.9 Å². The van der Waals surface area contributed by atoms with Crippen LogP contribution >= 0.6 is 0 Å². The van der Waals surface area contributed by atoms with Gasteiger partial charge in [0.25, 0.3) is 0 Å². The first-order chi connectivity index (χ1) is 17.3. The summed E-state index contributed by atoms with van der Waals surface area (Å²) in [6.07, 6.45) is 6.47. The Morgan fingerprint density at radius 1 is 0.722 bits per heavy atom. The van der Waals surface area contributed by atoms with Gasteiger partial charge in [-0.2, -0.15) is 0 Å². The molecule has 0 saturated heterocycles. The zero-order valence-corrected chi connectivity index (χ0v) is 22.8. The third kappa shape index (κ3) is 10.5. The summed E-state index contributed by atoms with van der Waals surface area (Å²) in [6, 6.07) is 11.8. The van der Waals surface area contributed by atoms with Gasteiger partial charge in [0.2, 0.25) is 0 Å². The monoisotopic (exact) mass is 496 g/mol. The first-order valence-electron chi connectivity index (χ1n) is 13.3. The lowest BCUT2D eigenvalue weighted by atomic mass is 10.1. The Morgan fingerprint density at radius 3 is 1.78 bits per heavy atom. The van der Waals surface area contributed by atoms with Crippen LogP contribution in [0.3, 0.4) is 0 Å². The maximum Gasteiger partial charge on any atom is 0.325 e. The van der Waals surface area contributed by atoms with E-state index >= 15 is 0 Å². The maximum absolute atomic E-state index is 12.5. The number of rotatable bonds is 16. The molecule has 36 heavy (non-hydrogen) atoms. The molecule has 2 rings (SSSR count). The van der Waals surface area contributed by atoms with Crippen molar-refractivity contribution in [3.8, 4) is 11.5 Å². The summed E-state index contributed by atoms with van der Waals surface area (Å²) < 4.78 is 11.2. The molecule has 0 spiro atoms. The molecule has 0 fully saturated rings. The van der Waals surface area contributed by atoms with E-state index < -0.39 is 0 Å². The Hall–Kier alpha value is -2.70. The summed E-state index contributed by atoms with van der Waals surface area (Å²) in [7, 11) is 0. The number of nitrogens with one attached hydrogen (secondary N) is 1. The van der Waals surface area contributed by atoms with Crippen LogP contribution in [0.1, 0.15) is 67.7 Å². The molecule has 2 aromatic rings. The van der Waals surface area contributed by atoms with E-state index in [1.807, 2.05) is 64.1 Å². The van der Waals surface area contributed by atoms with E-state index in [0.29, 0.717) is 18.0 Å². The summed E-state index contributed by atoms with van der Waals surface area (Å²) in [5, 5.41) is 3.19. The van der Waals surface area contributed by atoms with E-state index in [0.717, 1.165) is 80.4 Å². The summed E-state index contributed by atoms with van der Waals surface area (Å²) in [5.74, 6) is 0.911. The van der Waals surface area contributed by atoms with Crippen LogP contribution in [0.2, 0.25) is 0 Å². The zero-order valence-electron chi connectivity index (χ0n) is 22.8. The van der Waals surface area contributed by atoms with Gasteiger partial charge in [-0.15, -0.1) is 0 Å². The fourth-order valence-electron chi connectivity index (χ4n) is 4.29. The molecular formula is C30H44N2O4. The molecule has 0 atom stereocenters. The molecular weight excluding hydrogens is 452 g/mol. The minimum absolute atomic E-state index is 0.192. The minimum atomic E-state index is -0.250. The van der Waals surface area contributed by atoms with Crippen LogP contribution in [-0.2, 0) is 9.59 Å². The van der Waals surface area contributed by atoms with Gasteiger partial charge < -0.3 is 14.8 Å². The highest BCUT2D eigenvalue weighted by atomic mass is 16.5. The van der Waals surface area contributed by atoms with Crippen molar-refractivity contribution in [2.24, 2.45) is 0 Å². The lowest BCUT2D eigenvalue weighted by Gasteiger charge is -2.21. The van der Waals surface area contributed by atoms with Gasteiger partial charge in [-0.3, -0.25) is 14.5 Å². The van der Waals surface area contributed by atoms with E-state index in [9.17, 15) is 9.59 Å². The zero-order chi connectivity index (χ0) is 26.3. The first-order valence-corrected chi connectivity index (χ1v) is 13.3. The lowest BCUT2D eigenvalue weighted by molar-refractivity contribution is -0.136. The van der Waals surface area contributed by atoms with Crippen molar-refractivity contribution in [1.29, 1.82) is 0 Å². The van der Waals surface area contributed by atoms with E-state index in [1.54, 1.807) is 0 Å². The minimum Gasteiger partial charge on any atom is -0.425 e. The molecule has 1 N–H and O–H groups in total. The molecule has 0 aliphatic heterocycles. The van der Waals surface area contributed by atoms with Crippen molar-refractivity contribution in [2.45, 2.75) is 73.1 Å². The average molecular weight is 497 g/mol. The second-order valence-electron chi connectivity index (χ2n) is 9.61. The first kappa shape index (κ1) is 29.5. The molecule has 198 valence electrons. The van der Waals surface area contributed by atoms with Crippen molar-refractivity contribution in [3.63, 3.8) is 0 Å². The van der Waals surface area contributed by atoms with Gasteiger partial charge in [0.1, 0.15) is 11.5 Å². The van der Waals surface area contributed by atoms with Gasteiger partial charge in [-0.25, -0.2) is 0 Å². The van der Waals surface area contributed by atoms with Crippen LogP contribution in [-0.4, -0.2) is 49.6 Å². The number of para-hydroxylation sites is 2. The smallest absolute Gasteiger partial charge is 0.325 e. The maximum atomic E-state index is 12.5. The van der Waals surface area contributed by atoms with E-state index in [1.165, 1.54) is 0 Å². The highest BCUT2D eigenvalue weighted by molar-refractivity contribution is 5.75. The Kier molecular flexibility index (Phi) is 13.2. The fourth-order valence-corrected chi connectivity index (χ4v) is 4.29. The third-order valence-electron chi connectivity index (χ3n) is 6.24. The summed E-state index contributed by atoms with van der Waals surface area (Å²) in [6.45, 7) is 13.1. The quantitative estimate of drug-likeness (QED) is 0.183. The summed E-state index contributed by atoms with van der Waals surface area (Å²) in [5.41, 5.74) is 3.91. The molecule has 2 aromatic carbocycles. The number of esters is 2. The molecule has 6 nitrogen and oxygen atoms in total. The van der Waals surface area contributed by atoms with E-state index in [4.69, 9.17) is 9.47 Å². The molecule has 0 aliphatic carbocycles. The second-order valence-corrected chi connectivity index (χ2v) is 9.61. The standard InChI is InChI=1S/C30H44N2O4/c1-6-19-32(22-28(34)36-30-25(4)16-13-17-26(30)5)20-11-9-7-8-10-18-31-21-27(33)35-29-23(2)14-12-15-24(29)3/h12-17,31H,6-11,18-22H2,1-5H3. The largest absolute Gasteiger partial charge is 0.425 e. The number of hydrogen-bond donors (Lipinski definition) is 1. The van der Waals surface area contributed by atoms with Crippen LogP contribution in [0.4, 0.5) is 0 Å². The summed E-state index contributed by atoms with van der Waals surface area (Å²) >= 11 is 0. The Balaban J connectivity index is 1.56. The third-order valence-corrected chi connectivity index (χ3v) is 6.24. The second kappa shape index (κ2) is 16.1. The van der Waals surface area contributed by atoms with E-state index in [2.05, 4.69) is 17.1 Å². The van der Waals surface area contributed by atoms with Gasteiger partial charge in [0.05, 0.1) is 13.1 Å². The molecule has 0 amide bonds. The fraction of sp³-hybridized carbons (Fsp3) is 0.533. The van der Waals surface area contributed by atoms with Crippen molar-refractivity contribution in [1.82, 2.24) is 10.2 Å². The number of unbranched alkanes of at least 4 members (excludes halogenated alkanes) is 4. The van der Waals surface area contributed by atoms with Gasteiger partial charge in [0, 0.05) is 0 Å². The van der Waals surface area contributed by atoms with Gasteiger partial charge in [0.15, 0.2) is 0 Å². The predicted molar refractivity (Wildman–Crippen MR) is 146 cm³/mol. The molecule has 0 unspecified atom stereocenters. The molecule has 0 radical (unpaired) electrons. The molecule has 0 aromatic heterocycles. The van der Waals surface area contributed by atoms with Gasteiger partial charge in [-0.05, 0) is 88.8 Å². The van der Waals surface area contributed by atoms with Crippen LogP contribution in [0, 0.1) is 27.7 Å². The average Bonchev–Trinajstić information content (AvgIpc) is 2.83. The number of hydrogen-bond acceptors (Lipinski definition) is 6. The van der Waals surface area contributed by atoms with Gasteiger partial charge in [-0.1, -0.05) is 62.6 Å². The molecule has 6 heteroatoms. The molecule has 0 bridgehead atoms. The number of benzene rings is 2. The van der Waals surface area contributed by atoms with Gasteiger partial charge >= 0.3 is 11.9 Å². The van der Waals surface area contributed by atoms with Crippen LogP contribution in [0.15, 0.2) is 36.4 Å². The highest BCUT2D eigenvalue weighted by Crippen LogP contribution is 2.23. The topological polar surface area (TPSA) is 67.9 Å². The molecule has 0 saturated carbocycles. The Labute approximate surface area is 217 Å². The normalized spacial score (nSPS) is 11.1. The number of nitrogens with zero attached hydrogens (tertiary/aromatic N) is 1. The van der Waals surface area contributed by atoms with Crippen LogP contribution in [0.25, 0.3) is 0 Å². The Bertz CT molecular complexity index is 933. The van der Waals surface area contributed by atoms with Crippen molar-refractivity contribution in [2.75, 3.05) is 32.7 Å². The van der Waals surface area contributed by atoms with Crippen molar-refractivity contribution in [3.05, 3.63) is 58.7 Å². The van der Waals surface area contributed by atoms with E-state index in [-0.39, 0.29) is 18.5 Å². The van der Waals surface area contributed by atoms with Crippen LogP contribution < -0.4 is 14.8 Å².